The Hall–Kier alpha value is -2.49. The second-order valence-corrected chi connectivity index (χ2v) is 8.09. The summed E-state index contributed by atoms with van der Waals surface area (Å²) in [6, 6.07) is 20.2. The molecule has 6 heteroatoms. The Bertz CT molecular complexity index is 1160. The highest BCUT2D eigenvalue weighted by Crippen LogP contribution is 2.29. The molecular weight excluding hydrogens is 422 g/mol. The summed E-state index contributed by atoms with van der Waals surface area (Å²) in [5.41, 5.74) is 4.20. The van der Waals surface area contributed by atoms with Crippen molar-refractivity contribution in [2.45, 2.75) is 11.9 Å². The lowest BCUT2D eigenvalue weighted by molar-refractivity contribution is 0.344. The minimum absolute atomic E-state index is 0.597. The van der Waals surface area contributed by atoms with E-state index in [9.17, 15) is 5.26 Å². The Balaban J connectivity index is 1.61. The zero-order valence-electron chi connectivity index (χ0n) is 14.6. The molecule has 0 unspecified atom stereocenters. The predicted octanol–water partition coefficient (Wildman–Crippen LogP) is 5.60. The lowest BCUT2D eigenvalue weighted by Crippen LogP contribution is -2.02. The van der Waals surface area contributed by atoms with E-state index in [2.05, 4.69) is 37.5 Å². The Morgan fingerprint density at radius 3 is 2.74 bits per heavy atom. The summed E-state index contributed by atoms with van der Waals surface area (Å²) in [5, 5.41) is 10.6. The Morgan fingerprint density at radius 2 is 1.96 bits per heavy atom. The lowest BCUT2D eigenvalue weighted by atomic mass is 10.2. The second-order valence-electron chi connectivity index (χ2n) is 6.06. The third-order valence-electron chi connectivity index (χ3n) is 4.27. The van der Waals surface area contributed by atoms with Crippen LogP contribution in [-0.4, -0.2) is 21.7 Å². The number of aromatic nitrogens is 2. The summed E-state index contributed by atoms with van der Waals surface area (Å²) >= 11 is 5.13. The van der Waals surface area contributed by atoms with Crippen LogP contribution in [0.5, 0.6) is 5.75 Å². The third-order valence-corrected chi connectivity index (χ3v) is 5.76. The normalized spacial score (nSPS) is 11.0. The van der Waals surface area contributed by atoms with Gasteiger partial charge >= 0.3 is 0 Å². The van der Waals surface area contributed by atoms with Crippen LogP contribution in [0, 0.1) is 18.3 Å². The number of nitrogens with zero attached hydrogens (tertiary/aromatic N) is 3. The number of nitriles is 1. The molecule has 0 N–H and O–H groups in total. The van der Waals surface area contributed by atoms with Crippen LogP contribution in [0.4, 0.5) is 0 Å². The smallest absolute Gasteiger partial charge is 0.157 e. The maximum Gasteiger partial charge on any atom is 0.157 e. The van der Waals surface area contributed by atoms with Crippen molar-refractivity contribution in [2.24, 2.45) is 0 Å². The van der Waals surface area contributed by atoms with E-state index in [-0.39, 0.29) is 0 Å². The van der Waals surface area contributed by atoms with Gasteiger partial charge in [-0.1, -0.05) is 28.1 Å². The van der Waals surface area contributed by atoms with Gasteiger partial charge in [0.25, 0.3) is 0 Å². The number of halogens is 1. The number of hydrogen-bond donors (Lipinski definition) is 0. The van der Waals surface area contributed by atoms with E-state index in [4.69, 9.17) is 4.74 Å². The van der Waals surface area contributed by atoms with Crippen molar-refractivity contribution in [3.63, 3.8) is 0 Å². The Labute approximate surface area is 169 Å². The van der Waals surface area contributed by atoms with Gasteiger partial charge in [0.05, 0.1) is 28.2 Å². The molecule has 0 saturated carbocycles. The molecule has 2 heterocycles. The number of rotatable bonds is 5. The van der Waals surface area contributed by atoms with Crippen LogP contribution in [0.25, 0.3) is 16.7 Å². The fourth-order valence-electron chi connectivity index (χ4n) is 3.00. The van der Waals surface area contributed by atoms with Gasteiger partial charge in [-0.25, -0.2) is 4.98 Å². The van der Waals surface area contributed by atoms with Crippen LogP contribution in [0.1, 0.15) is 11.1 Å². The molecule has 27 heavy (non-hydrogen) atoms. The van der Waals surface area contributed by atoms with Crippen LogP contribution < -0.4 is 4.74 Å². The highest BCUT2D eigenvalue weighted by molar-refractivity contribution is 9.10. The SMILES string of the molecule is Cc1cc(SCCOc2ccc(Br)cc2)n2c(nc3ccccc32)c1C#N. The standard InChI is InChI=1S/C21H16BrN3OS/c1-14-12-20(27-11-10-26-16-8-6-15(22)7-9-16)25-19-5-3-2-4-18(19)24-21(25)17(14)13-23/h2-9,12H,10-11H2,1H3. The average molecular weight is 438 g/mol. The van der Waals surface area contributed by atoms with Gasteiger partial charge in [-0.2, -0.15) is 5.26 Å². The van der Waals surface area contributed by atoms with Gasteiger partial charge in [0, 0.05) is 10.2 Å². The number of thioether (sulfide) groups is 1. The number of para-hydroxylation sites is 2. The third kappa shape index (κ3) is 3.53. The molecule has 0 atom stereocenters. The number of ether oxygens (including phenoxy) is 1. The maximum absolute atomic E-state index is 9.56. The molecule has 0 fully saturated rings. The summed E-state index contributed by atoms with van der Waals surface area (Å²) in [5.74, 6) is 1.65. The van der Waals surface area contributed by atoms with E-state index >= 15 is 0 Å². The molecule has 2 aromatic carbocycles. The molecule has 0 radical (unpaired) electrons. The van der Waals surface area contributed by atoms with Gasteiger partial charge in [0.2, 0.25) is 0 Å². The quantitative estimate of drug-likeness (QED) is 0.301. The zero-order valence-corrected chi connectivity index (χ0v) is 17.0. The van der Waals surface area contributed by atoms with E-state index in [1.807, 2.05) is 55.5 Å². The highest BCUT2D eigenvalue weighted by Gasteiger charge is 2.15. The first-order chi connectivity index (χ1) is 13.2. The zero-order chi connectivity index (χ0) is 18.8. The number of hydrogen-bond acceptors (Lipinski definition) is 4. The van der Waals surface area contributed by atoms with E-state index in [0.717, 1.165) is 43.2 Å². The van der Waals surface area contributed by atoms with Gasteiger partial charge in [0.15, 0.2) is 5.65 Å². The molecule has 2 aromatic heterocycles. The lowest BCUT2D eigenvalue weighted by Gasteiger charge is -2.10. The topological polar surface area (TPSA) is 50.3 Å². The molecule has 0 spiro atoms. The number of pyridine rings is 1. The molecule has 4 aromatic rings. The highest BCUT2D eigenvalue weighted by atomic mass is 79.9. The van der Waals surface area contributed by atoms with Crippen LogP contribution in [0.15, 0.2) is 64.1 Å². The number of benzene rings is 2. The van der Waals surface area contributed by atoms with Crippen LogP contribution >= 0.6 is 27.7 Å². The summed E-state index contributed by atoms with van der Waals surface area (Å²) < 4.78 is 8.93. The van der Waals surface area contributed by atoms with E-state index in [1.165, 1.54) is 0 Å². The van der Waals surface area contributed by atoms with Crippen LogP contribution in [-0.2, 0) is 0 Å². The Kier molecular flexibility index (Phi) is 5.06. The average Bonchev–Trinajstić information content (AvgIpc) is 3.06. The van der Waals surface area contributed by atoms with Gasteiger partial charge in [0.1, 0.15) is 11.8 Å². The molecule has 134 valence electrons. The largest absolute Gasteiger partial charge is 0.493 e. The second kappa shape index (κ2) is 7.63. The molecule has 0 aliphatic carbocycles. The molecule has 0 saturated heterocycles. The monoisotopic (exact) mass is 437 g/mol. The summed E-state index contributed by atoms with van der Waals surface area (Å²) in [6.45, 7) is 2.56. The molecule has 0 amide bonds. The summed E-state index contributed by atoms with van der Waals surface area (Å²) in [6.07, 6.45) is 0. The first kappa shape index (κ1) is 17.9. The molecule has 0 aliphatic heterocycles. The summed E-state index contributed by atoms with van der Waals surface area (Å²) in [4.78, 5) is 4.68. The molecular formula is C21H16BrN3OS. The molecule has 4 nitrogen and oxygen atoms in total. The first-order valence-electron chi connectivity index (χ1n) is 8.49. The number of imidazole rings is 1. The van der Waals surface area contributed by atoms with Crippen molar-refractivity contribution < 1.29 is 4.74 Å². The molecule has 0 bridgehead atoms. The van der Waals surface area contributed by atoms with Crippen LogP contribution in [0.3, 0.4) is 0 Å². The van der Waals surface area contributed by atoms with E-state index in [0.29, 0.717) is 12.2 Å². The van der Waals surface area contributed by atoms with Gasteiger partial charge in [-0.15, -0.1) is 11.8 Å². The maximum atomic E-state index is 9.56. The van der Waals surface area contributed by atoms with Crippen molar-refractivity contribution in [1.29, 1.82) is 5.26 Å². The first-order valence-corrected chi connectivity index (χ1v) is 10.3. The van der Waals surface area contributed by atoms with Crippen molar-refractivity contribution in [3.8, 4) is 11.8 Å². The van der Waals surface area contributed by atoms with Crippen molar-refractivity contribution in [2.75, 3.05) is 12.4 Å². The number of aryl methyl sites for hydroxylation is 1. The van der Waals surface area contributed by atoms with Crippen molar-refractivity contribution >= 4 is 44.4 Å². The minimum Gasteiger partial charge on any atom is -0.493 e. The molecule has 4 rings (SSSR count). The fraction of sp³-hybridized carbons (Fsp3) is 0.143. The minimum atomic E-state index is 0.597. The van der Waals surface area contributed by atoms with Gasteiger partial charge in [-0.3, -0.25) is 4.40 Å². The summed E-state index contributed by atoms with van der Waals surface area (Å²) in [7, 11) is 0. The van der Waals surface area contributed by atoms with Crippen LogP contribution in [0.2, 0.25) is 0 Å². The van der Waals surface area contributed by atoms with Gasteiger partial charge in [-0.05, 0) is 55.0 Å². The van der Waals surface area contributed by atoms with Crippen molar-refractivity contribution in [3.05, 3.63) is 70.2 Å². The van der Waals surface area contributed by atoms with Crippen molar-refractivity contribution in [1.82, 2.24) is 9.38 Å². The van der Waals surface area contributed by atoms with E-state index in [1.54, 1.807) is 11.8 Å². The number of fused-ring (bicyclic) bond motifs is 3. The fourth-order valence-corrected chi connectivity index (χ4v) is 4.21. The van der Waals surface area contributed by atoms with Gasteiger partial charge < -0.3 is 4.74 Å². The Morgan fingerprint density at radius 1 is 1.19 bits per heavy atom. The molecule has 0 aliphatic rings. The van der Waals surface area contributed by atoms with E-state index < -0.39 is 0 Å². The predicted molar refractivity (Wildman–Crippen MR) is 113 cm³/mol.